The fraction of sp³-hybridized carbons (Fsp3) is 0.778. The van der Waals surface area contributed by atoms with Crippen LogP contribution in [0.5, 0.6) is 11.5 Å². The highest BCUT2D eigenvalue weighted by atomic mass is 16.6. The molecule has 2 heterocycles. The molecule has 7 rings (SSSR count). The molecule has 0 N–H and O–H groups in total. The minimum absolute atomic E-state index is 0.0356. The highest BCUT2D eigenvalue weighted by Gasteiger charge is 2.53. The molecule has 4 heteroatoms. The topological polar surface area (TPSA) is 43.5 Å². The molecule has 0 aromatic heterocycles. The molecule has 0 radical (unpaired) electrons. The molecule has 4 aliphatic carbocycles. The van der Waals surface area contributed by atoms with Crippen LogP contribution in [0.3, 0.4) is 0 Å². The van der Waals surface area contributed by atoms with Crippen LogP contribution in [0.25, 0.3) is 0 Å². The summed E-state index contributed by atoms with van der Waals surface area (Å²) in [6, 6.07) is 4.78. The number of ether oxygens (including phenoxy) is 4. The molecular formula is C27H38O4. The van der Waals surface area contributed by atoms with Gasteiger partial charge in [0.15, 0.2) is 11.5 Å². The van der Waals surface area contributed by atoms with Crippen LogP contribution in [-0.4, -0.2) is 38.6 Å². The van der Waals surface area contributed by atoms with Gasteiger partial charge in [-0.1, -0.05) is 32.9 Å². The summed E-state index contributed by atoms with van der Waals surface area (Å²) in [4.78, 5) is 0. The van der Waals surface area contributed by atoms with E-state index in [4.69, 9.17) is 18.9 Å². The van der Waals surface area contributed by atoms with E-state index in [9.17, 15) is 0 Å². The average molecular weight is 427 g/mol. The Morgan fingerprint density at radius 2 is 1.39 bits per heavy atom. The lowest BCUT2D eigenvalue weighted by atomic mass is 9.48. The van der Waals surface area contributed by atoms with Crippen LogP contribution in [0, 0.1) is 17.8 Å². The molecule has 0 amide bonds. The number of hydrogen-bond donors (Lipinski definition) is 0. The van der Waals surface area contributed by atoms with E-state index in [1.165, 1.54) is 49.7 Å². The molecule has 2 aliphatic heterocycles. The minimum Gasteiger partial charge on any atom is -0.487 e. The summed E-state index contributed by atoms with van der Waals surface area (Å²) in [5.74, 6) is 4.72. The predicted octanol–water partition coefficient (Wildman–Crippen LogP) is 5.40. The van der Waals surface area contributed by atoms with E-state index in [0.717, 1.165) is 48.9 Å². The van der Waals surface area contributed by atoms with Crippen LogP contribution in [-0.2, 0) is 20.3 Å². The number of rotatable bonds is 9. The van der Waals surface area contributed by atoms with E-state index in [1.807, 2.05) is 0 Å². The van der Waals surface area contributed by atoms with Gasteiger partial charge in [0.2, 0.25) is 0 Å². The standard InChI is InChI=1S/C27H38O4/c1-4-26(2,3)22-5-6-23(27-10-17-7-18(11-27)9-19(8-17)12-27)25(31-16-21-14-29-21)24(22)30-15-20-13-28-20/h5-6,17-21H,4,7-16H2,1-3H3. The van der Waals surface area contributed by atoms with Crippen LogP contribution in [0.15, 0.2) is 12.1 Å². The Morgan fingerprint density at radius 3 is 1.87 bits per heavy atom. The van der Waals surface area contributed by atoms with E-state index < -0.39 is 0 Å². The Kier molecular flexibility index (Phi) is 4.85. The molecule has 4 nitrogen and oxygen atoms in total. The van der Waals surface area contributed by atoms with Crippen molar-refractivity contribution in [1.29, 1.82) is 0 Å². The molecule has 31 heavy (non-hydrogen) atoms. The van der Waals surface area contributed by atoms with E-state index in [0.29, 0.717) is 13.2 Å². The molecule has 6 fully saturated rings. The average Bonchev–Trinajstić information content (AvgIpc) is 3.64. The molecule has 4 bridgehead atoms. The van der Waals surface area contributed by atoms with Gasteiger partial charge < -0.3 is 18.9 Å². The van der Waals surface area contributed by atoms with Crippen LogP contribution < -0.4 is 9.47 Å². The lowest BCUT2D eigenvalue weighted by molar-refractivity contribution is -0.00667. The van der Waals surface area contributed by atoms with Crippen molar-refractivity contribution in [2.75, 3.05) is 26.4 Å². The van der Waals surface area contributed by atoms with E-state index in [-0.39, 0.29) is 23.0 Å². The summed E-state index contributed by atoms with van der Waals surface area (Å²) >= 11 is 0. The van der Waals surface area contributed by atoms with Gasteiger partial charge >= 0.3 is 0 Å². The Labute approximate surface area is 187 Å². The number of epoxide rings is 2. The lowest BCUT2D eigenvalue weighted by Gasteiger charge is -2.57. The van der Waals surface area contributed by atoms with Gasteiger partial charge in [-0.2, -0.15) is 0 Å². The van der Waals surface area contributed by atoms with Crippen molar-refractivity contribution in [3.63, 3.8) is 0 Å². The molecule has 2 saturated heterocycles. The summed E-state index contributed by atoms with van der Waals surface area (Å²) in [6.45, 7) is 9.78. The second kappa shape index (κ2) is 7.38. The maximum atomic E-state index is 6.62. The molecule has 2 atom stereocenters. The number of hydrogen-bond acceptors (Lipinski definition) is 4. The third-order valence-corrected chi connectivity index (χ3v) is 8.97. The number of benzene rings is 1. The van der Waals surface area contributed by atoms with E-state index in [1.54, 1.807) is 0 Å². The predicted molar refractivity (Wildman–Crippen MR) is 120 cm³/mol. The van der Waals surface area contributed by atoms with Crippen molar-refractivity contribution in [2.24, 2.45) is 17.8 Å². The van der Waals surface area contributed by atoms with Gasteiger partial charge in [0.1, 0.15) is 25.4 Å². The van der Waals surface area contributed by atoms with Crippen molar-refractivity contribution >= 4 is 0 Å². The molecule has 4 saturated carbocycles. The second-order valence-electron chi connectivity index (χ2n) is 11.8. The van der Waals surface area contributed by atoms with Crippen molar-refractivity contribution in [2.45, 2.75) is 88.8 Å². The Hall–Kier alpha value is -1.26. The van der Waals surface area contributed by atoms with Gasteiger partial charge in [-0.15, -0.1) is 0 Å². The van der Waals surface area contributed by atoms with Crippen LogP contribution in [0.4, 0.5) is 0 Å². The van der Waals surface area contributed by atoms with Gasteiger partial charge in [0, 0.05) is 11.1 Å². The third kappa shape index (κ3) is 3.78. The van der Waals surface area contributed by atoms with Crippen LogP contribution >= 0.6 is 0 Å². The maximum Gasteiger partial charge on any atom is 0.165 e. The van der Waals surface area contributed by atoms with Gasteiger partial charge in [0.25, 0.3) is 0 Å². The van der Waals surface area contributed by atoms with Gasteiger partial charge in [-0.25, -0.2) is 0 Å². The first kappa shape index (κ1) is 20.4. The van der Waals surface area contributed by atoms with E-state index >= 15 is 0 Å². The molecular weight excluding hydrogens is 388 g/mol. The van der Waals surface area contributed by atoms with Crippen LogP contribution in [0.2, 0.25) is 0 Å². The third-order valence-electron chi connectivity index (χ3n) is 8.97. The van der Waals surface area contributed by atoms with Crippen molar-refractivity contribution in [3.8, 4) is 11.5 Å². The summed E-state index contributed by atoms with van der Waals surface area (Å²) in [6.07, 6.45) is 9.89. The largest absolute Gasteiger partial charge is 0.487 e. The Morgan fingerprint density at radius 1 is 0.871 bits per heavy atom. The summed E-state index contributed by atoms with van der Waals surface area (Å²) in [7, 11) is 0. The van der Waals surface area contributed by atoms with Gasteiger partial charge in [-0.3, -0.25) is 0 Å². The first-order valence-electron chi connectivity index (χ1n) is 12.6. The molecule has 1 aromatic rings. The first-order valence-corrected chi connectivity index (χ1v) is 12.6. The quantitative estimate of drug-likeness (QED) is 0.496. The zero-order chi connectivity index (χ0) is 21.2. The van der Waals surface area contributed by atoms with Gasteiger partial charge in [-0.05, 0) is 73.5 Å². The zero-order valence-corrected chi connectivity index (χ0v) is 19.5. The summed E-state index contributed by atoms with van der Waals surface area (Å²) < 4.78 is 24.1. The van der Waals surface area contributed by atoms with Crippen LogP contribution in [0.1, 0.15) is 76.8 Å². The maximum absolute atomic E-state index is 6.62. The fourth-order valence-electron chi connectivity index (χ4n) is 7.11. The molecule has 6 aliphatic rings. The Balaban J connectivity index is 1.44. The lowest BCUT2D eigenvalue weighted by Crippen LogP contribution is -2.48. The monoisotopic (exact) mass is 426 g/mol. The fourth-order valence-corrected chi connectivity index (χ4v) is 7.11. The summed E-state index contributed by atoms with van der Waals surface area (Å²) in [5, 5.41) is 0. The minimum atomic E-state index is 0.0356. The van der Waals surface area contributed by atoms with Gasteiger partial charge in [0.05, 0.1) is 13.2 Å². The summed E-state index contributed by atoms with van der Waals surface area (Å²) in [5.41, 5.74) is 3.01. The van der Waals surface area contributed by atoms with Crippen molar-refractivity contribution < 1.29 is 18.9 Å². The Bertz CT molecular complexity index is 801. The molecule has 170 valence electrons. The normalized spacial score (nSPS) is 37.7. The first-order chi connectivity index (χ1) is 15.0. The highest BCUT2D eigenvalue weighted by Crippen LogP contribution is 2.63. The molecule has 0 spiro atoms. The van der Waals surface area contributed by atoms with Crippen molar-refractivity contribution in [3.05, 3.63) is 23.3 Å². The smallest absolute Gasteiger partial charge is 0.165 e. The molecule has 1 aromatic carbocycles. The zero-order valence-electron chi connectivity index (χ0n) is 19.5. The molecule has 2 unspecified atom stereocenters. The van der Waals surface area contributed by atoms with Crippen molar-refractivity contribution in [1.82, 2.24) is 0 Å². The second-order valence-corrected chi connectivity index (χ2v) is 11.8. The highest BCUT2D eigenvalue weighted by molar-refractivity contribution is 5.57. The SMILES string of the molecule is CCC(C)(C)c1ccc(C23CC4CC(CC(C4)C2)C3)c(OCC2CO2)c1OCC1CO1. The van der Waals surface area contributed by atoms with E-state index in [2.05, 4.69) is 32.9 Å².